The van der Waals surface area contributed by atoms with E-state index < -0.39 is 5.60 Å². The Hall–Kier alpha value is -1.55. The maximum Gasteiger partial charge on any atom is 0.255 e. The molecule has 1 aliphatic heterocycles. The summed E-state index contributed by atoms with van der Waals surface area (Å²) in [6.07, 6.45) is 5.89. The molecule has 1 saturated heterocycles. The minimum Gasteiger partial charge on any atom is -0.497 e. The fourth-order valence-corrected chi connectivity index (χ4v) is 4.51. The highest BCUT2D eigenvalue weighted by Crippen LogP contribution is 2.62. The molecule has 2 saturated carbocycles. The average Bonchev–Trinajstić information content (AvgIpc) is 3.08. The van der Waals surface area contributed by atoms with Crippen molar-refractivity contribution in [1.82, 2.24) is 4.90 Å². The van der Waals surface area contributed by atoms with Gasteiger partial charge in [-0.15, -0.1) is 0 Å². The van der Waals surface area contributed by atoms with E-state index in [0.717, 1.165) is 30.7 Å². The molecule has 3 atom stereocenters. The summed E-state index contributed by atoms with van der Waals surface area (Å²) in [7, 11) is 1.64. The van der Waals surface area contributed by atoms with Crippen molar-refractivity contribution >= 4 is 5.91 Å². The third-order valence-electron chi connectivity index (χ3n) is 5.82. The molecular formula is C18H23NO3. The van der Waals surface area contributed by atoms with Gasteiger partial charge in [0.2, 0.25) is 0 Å². The minimum atomic E-state index is -1.15. The molecule has 22 heavy (non-hydrogen) atoms. The molecule has 2 aliphatic carbocycles. The van der Waals surface area contributed by atoms with Gasteiger partial charge in [-0.3, -0.25) is 4.79 Å². The molecule has 4 nitrogen and oxygen atoms in total. The lowest BCUT2D eigenvalue weighted by Gasteiger charge is -2.33. The van der Waals surface area contributed by atoms with Crippen LogP contribution in [-0.2, 0) is 4.79 Å². The number of hydrogen-bond acceptors (Lipinski definition) is 3. The van der Waals surface area contributed by atoms with Gasteiger partial charge in [0.25, 0.3) is 5.91 Å². The smallest absolute Gasteiger partial charge is 0.255 e. The topological polar surface area (TPSA) is 49.8 Å². The van der Waals surface area contributed by atoms with E-state index in [-0.39, 0.29) is 17.7 Å². The van der Waals surface area contributed by atoms with Crippen molar-refractivity contribution in [3.8, 4) is 5.75 Å². The highest BCUT2D eigenvalue weighted by Gasteiger charge is 2.75. The largest absolute Gasteiger partial charge is 0.497 e. The van der Waals surface area contributed by atoms with Crippen LogP contribution in [0, 0.1) is 5.92 Å². The first-order chi connectivity index (χ1) is 10.7. The van der Waals surface area contributed by atoms with E-state index in [2.05, 4.69) is 0 Å². The number of fused-ring (bicyclic) bond motifs is 1. The summed E-state index contributed by atoms with van der Waals surface area (Å²) in [4.78, 5) is 14.7. The van der Waals surface area contributed by atoms with Gasteiger partial charge in [-0.25, -0.2) is 0 Å². The second kappa shape index (κ2) is 4.98. The normalized spacial score (nSPS) is 34.6. The monoisotopic (exact) mass is 301 g/mol. The number of rotatable bonds is 3. The van der Waals surface area contributed by atoms with Crippen LogP contribution in [0.1, 0.15) is 43.6 Å². The van der Waals surface area contributed by atoms with E-state index in [1.54, 1.807) is 7.11 Å². The number of likely N-dealkylation sites (tertiary alicyclic amines) is 1. The molecule has 0 aromatic heterocycles. The van der Waals surface area contributed by atoms with Crippen molar-refractivity contribution in [2.45, 2.75) is 49.7 Å². The number of amides is 1. The summed E-state index contributed by atoms with van der Waals surface area (Å²) in [5.41, 5.74) is -0.101. The Morgan fingerprint density at radius 1 is 1.18 bits per heavy atom. The molecule has 0 bridgehead atoms. The molecule has 118 valence electrons. The van der Waals surface area contributed by atoms with Crippen molar-refractivity contribution in [3.05, 3.63) is 29.8 Å². The number of aliphatic hydroxyl groups is 1. The second-order valence-electron chi connectivity index (χ2n) is 6.93. The zero-order valence-electron chi connectivity index (χ0n) is 13.0. The van der Waals surface area contributed by atoms with Crippen molar-refractivity contribution in [2.24, 2.45) is 5.92 Å². The third-order valence-corrected chi connectivity index (χ3v) is 5.82. The Balaban J connectivity index is 1.50. The van der Waals surface area contributed by atoms with E-state index >= 15 is 0 Å². The van der Waals surface area contributed by atoms with E-state index in [9.17, 15) is 9.90 Å². The molecule has 3 fully saturated rings. The Morgan fingerprint density at radius 2 is 1.86 bits per heavy atom. The molecule has 1 amide bonds. The third kappa shape index (κ3) is 1.89. The first-order valence-electron chi connectivity index (χ1n) is 8.33. The van der Waals surface area contributed by atoms with E-state index in [1.807, 2.05) is 29.2 Å². The number of methoxy groups -OCH3 is 1. The predicted octanol–water partition coefficient (Wildman–Crippen LogP) is 2.31. The maximum absolute atomic E-state index is 12.7. The molecule has 4 heteroatoms. The van der Waals surface area contributed by atoms with Gasteiger partial charge in [0.15, 0.2) is 5.60 Å². The quantitative estimate of drug-likeness (QED) is 0.932. The number of benzene rings is 1. The highest BCUT2D eigenvalue weighted by molar-refractivity contribution is 5.94. The number of carbonyl (C=O) groups excluding carboxylic acids is 1. The summed E-state index contributed by atoms with van der Waals surface area (Å²) >= 11 is 0. The van der Waals surface area contributed by atoms with Gasteiger partial charge in [0.1, 0.15) is 5.75 Å². The van der Waals surface area contributed by atoms with Crippen molar-refractivity contribution in [2.75, 3.05) is 13.7 Å². The number of ether oxygens (including phenoxy) is 1. The van der Waals surface area contributed by atoms with Crippen LogP contribution in [0.3, 0.4) is 0 Å². The highest BCUT2D eigenvalue weighted by atomic mass is 16.5. The summed E-state index contributed by atoms with van der Waals surface area (Å²) in [6, 6.07) is 8.09. The van der Waals surface area contributed by atoms with E-state index in [4.69, 9.17) is 4.74 Å². The van der Waals surface area contributed by atoms with Gasteiger partial charge >= 0.3 is 0 Å². The van der Waals surface area contributed by atoms with Gasteiger partial charge in [-0.05, 0) is 30.5 Å². The summed E-state index contributed by atoms with van der Waals surface area (Å²) < 4.78 is 5.17. The molecule has 1 heterocycles. The fraction of sp³-hybridized carbons (Fsp3) is 0.611. The van der Waals surface area contributed by atoms with Crippen LogP contribution in [0.25, 0.3) is 0 Å². The zero-order valence-corrected chi connectivity index (χ0v) is 13.0. The molecule has 4 rings (SSSR count). The van der Waals surface area contributed by atoms with E-state index in [0.29, 0.717) is 6.04 Å². The Kier molecular flexibility index (Phi) is 3.19. The van der Waals surface area contributed by atoms with Gasteiger partial charge in [0, 0.05) is 24.4 Å². The van der Waals surface area contributed by atoms with Gasteiger partial charge < -0.3 is 14.7 Å². The lowest BCUT2D eigenvalue weighted by atomic mass is 9.93. The number of piperidine rings is 1. The Bertz CT molecular complexity index is 578. The van der Waals surface area contributed by atoms with Gasteiger partial charge in [0.05, 0.1) is 7.11 Å². The number of carbonyl (C=O) groups is 1. The number of nitrogens with zero attached hydrogens (tertiary/aromatic N) is 1. The van der Waals surface area contributed by atoms with Crippen LogP contribution >= 0.6 is 0 Å². The van der Waals surface area contributed by atoms with Gasteiger partial charge in [-0.1, -0.05) is 31.4 Å². The molecule has 0 radical (unpaired) electrons. The van der Waals surface area contributed by atoms with Crippen LogP contribution in [0.15, 0.2) is 24.3 Å². The molecule has 3 aliphatic rings. The molecule has 0 spiro atoms. The fourth-order valence-electron chi connectivity index (χ4n) is 4.51. The molecule has 3 unspecified atom stereocenters. The lowest BCUT2D eigenvalue weighted by Crippen LogP contribution is -2.44. The molecule has 1 aromatic carbocycles. The number of hydrogen-bond donors (Lipinski definition) is 1. The summed E-state index contributed by atoms with van der Waals surface area (Å²) in [5, 5.41) is 10.9. The molecule has 1 aromatic rings. The van der Waals surface area contributed by atoms with Crippen LogP contribution in [0.5, 0.6) is 5.75 Å². The maximum atomic E-state index is 12.7. The van der Waals surface area contributed by atoms with Gasteiger partial charge in [-0.2, -0.15) is 0 Å². The standard InChI is InChI=1S/C18H23NO3/c1-22-14-9-7-12(8-10-14)16-15-11-19(17(20)18(15,16)21)13-5-3-2-4-6-13/h7-10,13,15-16,21H,2-6,11H2,1H3. The van der Waals surface area contributed by atoms with Crippen LogP contribution in [0.4, 0.5) is 0 Å². The van der Waals surface area contributed by atoms with Crippen LogP contribution in [-0.4, -0.2) is 41.2 Å². The zero-order chi connectivity index (χ0) is 15.3. The predicted molar refractivity (Wildman–Crippen MR) is 82.8 cm³/mol. The SMILES string of the molecule is COc1ccc(C2C3CN(C4CCCCC4)C(=O)C32O)cc1. The van der Waals surface area contributed by atoms with Crippen molar-refractivity contribution in [1.29, 1.82) is 0 Å². The van der Waals surface area contributed by atoms with Crippen LogP contribution in [0.2, 0.25) is 0 Å². The minimum absolute atomic E-state index is 0.0363. The Labute approximate surface area is 131 Å². The second-order valence-corrected chi connectivity index (χ2v) is 6.93. The first kappa shape index (κ1) is 14.1. The van der Waals surface area contributed by atoms with Crippen molar-refractivity contribution in [3.63, 3.8) is 0 Å². The summed E-state index contributed by atoms with van der Waals surface area (Å²) in [5.74, 6) is 0.794. The van der Waals surface area contributed by atoms with Crippen LogP contribution < -0.4 is 4.74 Å². The molecular weight excluding hydrogens is 278 g/mol. The Morgan fingerprint density at radius 3 is 2.41 bits per heavy atom. The average molecular weight is 301 g/mol. The molecule has 1 N–H and O–H groups in total. The lowest BCUT2D eigenvalue weighted by molar-refractivity contribution is -0.141. The van der Waals surface area contributed by atoms with E-state index in [1.165, 1.54) is 19.3 Å². The summed E-state index contributed by atoms with van der Waals surface area (Å²) in [6.45, 7) is 0.719. The first-order valence-corrected chi connectivity index (χ1v) is 8.33. The van der Waals surface area contributed by atoms with Crippen molar-refractivity contribution < 1.29 is 14.6 Å².